The van der Waals surface area contributed by atoms with E-state index in [1.54, 1.807) is 6.07 Å². The van der Waals surface area contributed by atoms with Crippen molar-refractivity contribution in [3.63, 3.8) is 0 Å². The lowest BCUT2D eigenvalue weighted by Gasteiger charge is -1.97. The van der Waals surface area contributed by atoms with Crippen LogP contribution in [0.2, 0.25) is 0 Å². The minimum absolute atomic E-state index is 0.268. The number of benzene rings is 1. The molecular weight excluding hydrogens is 232 g/mol. The third kappa shape index (κ3) is 1.21. The molecule has 0 radical (unpaired) electrons. The van der Waals surface area contributed by atoms with E-state index in [-0.39, 0.29) is 5.75 Å². The predicted molar refractivity (Wildman–Crippen MR) is 54.8 cm³/mol. The normalized spacial score (nSPS) is 10.9. The summed E-state index contributed by atoms with van der Waals surface area (Å²) in [5.74, 6) is 0.268. The Morgan fingerprint density at radius 2 is 2.31 bits per heavy atom. The molecular formula is C9H9BrN2O. The molecule has 2 rings (SSSR count). The highest BCUT2D eigenvalue weighted by atomic mass is 79.9. The number of aryl methyl sites for hydroxylation is 1. The number of hydrogen-bond acceptors (Lipinski definition) is 2. The van der Waals surface area contributed by atoms with Gasteiger partial charge in [-0.05, 0) is 35.0 Å². The summed E-state index contributed by atoms with van der Waals surface area (Å²) in [6.45, 7) is 2.81. The van der Waals surface area contributed by atoms with Crippen LogP contribution < -0.4 is 0 Å². The number of phenolic OH excluding ortho intramolecular Hbond substituents is 1. The lowest BCUT2D eigenvalue weighted by atomic mass is 10.2. The first-order valence-electron chi connectivity index (χ1n) is 4.08. The van der Waals surface area contributed by atoms with Gasteiger partial charge in [0.1, 0.15) is 10.4 Å². The number of aromatic hydroxyl groups is 1. The zero-order chi connectivity index (χ0) is 9.42. The molecule has 0 aliphatic heterocycles. The standard InChI is InChI=1S/C9H9BrN2O/c1-2-12-6-4-3-5-7(13)8(6)9(10)11-12/h3-5,13H,2H2,1H3. The molecule has 0 saturated heterocycles. The molecule has 0 aliphatic rings. The van der Waals surface area contributed by atoms with Crippen molar-refractivity contribution in [2.45, 2.75) is 13.5 Å². The van der Waals surface area contributed by atoms with Crippen LogP contribution in [0.15, 0.2) is 22.8 Å². The van der Waals surface area contributed by atoms with Crippen molar-refractivity contribution in [3.8, 4) is 5.75 Å². The third-order valence-corrected chi connectivity index (χ3v) is 2.57. The second-order valence-electron chi connectivity index (χ2n) is 2.78. The first-order chi connectivity index (χ1) is 6.24. The van der Waals surface area contributed by atoms with E-state index < -0.39 is 0 Å². The Kier molecular flexibility index (Phi) is 2.00. The fourth-order valence-corrected chi connectivity index (χ4v) is 2.00. The SMILES string of the molecule is CCn1nc(Br)c2c(O)cccc21. The van der Waals surface area contributed by atoms with Gasteiger partial charge in [-0.15, -0.1) is 0 Å². The summed E-state index contributed by atoms with van der Waals surface area (Å²) in [4.78, 5) is 0. The Balaban J connectivity index is 2.87. The van der Waals surface area contributed by atoms with Gasteiger partial charge in [0.2, 0.25) is 0 Å². The van der Waals surface area contributed by atoms with Gasteiger partial charge in [-0.25, -0.2) is 0 Å². The van der Waals surface area contributed by atoms with Crippen LogP contribution in [0.25, 0.3) is 10.9 Å². The zero-order valence-corrected chi connectivity index (χ0v) is 8.74. The fraction of sp³-hybridized carbons (Fsp3) is 0.222. The minimum Gasteiger partial charge on any atom is -0.507 e. The highest BCUT2D eigenvalue weighted by Gasteiger charge is 2.09. The van der Waals surface area contributed by atoms with Crippen molar-refractivity contribution in [2.75, 3.05) is 0 Å². The molecule has 0 atom stereocenters. The molecule has 1 heterocycles. The molecule has 2 aromatic rings. The summed E-state index contributed by atoms with van der Waals surface area (Å²) in [6, 6.07) is 5.42. The second kappa shape index (κ2) is 3.03. The molecule has 1 aromatic carbocycles. The maximum atomic E-state index is 9.58. The van der Waals surface area contributed by atoms with E-state index in [0.717, 1.165) is 17.4 Å². The van der Waals surface area contributed by atoms with Gasteiger partial charge in [0.05, 0.1) is 10.9 Å². The zero-order valence-electron chi connectivity index (χ0n) is 7.16. The number of phenols is 1. The molecule has 0 aliphatic carbocycles. The van der Waals surface area contributed by atoms with Crippen LogP contribution in [-0.2, 0) is 6.54 Å². The van der Waals surface area contributed by atoms with Gasteiger partial charge in [-0.3, -0.25) is 4.68 Å². The van der Waals surface area contributed by atoms with Gasteiger partial charge in [-0.2, -0.15) is 5.10 Å². The molecule has 13 heavy (non-hydrogen) atoms. The topological polar surface area (TPSA) is 38.0 Å². The molecule has 4 heteroatoms. The summed E-state index contributed by atoms with van der Waals surface area (Å²) < 4.78 is 2.54. The maximum absolute atomic E-state index is 9.58. The smallest absolute Gasteiger partial charge is 0.139 e. The summed E-state index contributed by atoms with van der Waals surface area (Å²) in [7, 11) is 0. The summed E-state index contributed by atoms with van der Waals surface area (Å²) in [5, 5.41) is 14.6. The Morgan fingerprint density at radius 3 is 3.00 bits per heavy atom. The molecule has 0 spiro atoms. The first kappa shape index (κ1) is 8.56. The predicted octanol–water partition coefficient (Wildman–Crippen LogP) is 2.52. The molecule has 68 valence electrons. The van der Waals surface area contributed by atoms with E-state index in [0.29, 0.717) is 4.60 Å². The van der Waals surface area contributed by atoms with Gasteiger partial charge in [0.25, 0.3) is 0 Å². The van der Waals surface area contributed by atoms with Gasteiger partial charge < -0.3 is 5.11 Å². The fourth-order valence-electron chi connectivity index (χ4n) is 1.41. The Morgan fingerprint density at radius 1 is 1.54 bits per heavy atom. The monoisotopic (exact) mass is 240 g/mol. The molecule has 0 amide bonds. The van der Waals surface area contributed by atoms with Crippen LogP contribution in [0.5, 0.6) is 5.75 Å². The molecule has 0 fully saturated rings. The van der Waals surface area contributed by atoms with E-state index in [2.05, 4.69) is 21.0 Å². The van der Waals surface area contributed by atoms with Crippen LogP contribution in [0.4, 0.5) is 0 Å². The maximum Gasteiger partial charge on any atom is 0.139 e. The Hall–Kier alpha value is -1.03. The average Bonchev–Trinajstić information content (AvgIpc) is 2.44. The molecule has 1 N–H and O–H groups in total. The minimum atomic E-state index is 0.268. The van der Waals surface area contributed by atoms with E-state index in [1.807, 2.05) is 23.7 Å². The van der Waals surface area contributed by atoms with Gasteiger partial charge in [-0.1, -0.05) is 6.07 Å². The first-order valence-corrected chi connectivity index (χ1v) is 4.87. The summed E-state index contributed by atoms with van der Waals surface area (Å²) >= 11 is 3.32. The second-order valence-corrected chi connectivity index (χ2v) is 3.53. The van der Waals surface area contributed by atoms with Crippen molar-refractivity contribution in [2.24, 2.45) is 0 Å². The highest BCUT2D eigenvalue weighted by Crippen LogP contribution is 2.30. The van der Waals surface area contributed by atoms with Crippen molar-refractivity contribution in [1.29, 1.82) is 0 Å². The van der Waals surface area contributed by atoms with Crippen LogP contribution in [0.1, 0.15) is 6.92 Å². The van der Waals surface area contributed by atoms with Crippen LogP contribution >= 0.6 is 15.9 Å². The molecule has 1 aromatic heterocycles. The van der Waals surface area contributed by atoms with E-state index in [4.69, 9.17) is 0 Å². The van der Waals surface area contributed by atoms with Gasteiger partial charge >= 0.3 is 0 Å². The van der Waals surface area contributed by atoms with Gasteiger partial charge in [0, 0.05) is 6.54 Å². The summed E-state index contributed by atoms with van der Waals surface area (Å²) in [5.41, 5.74) is 0.953. The van der Waals surface area contributed by atoms with E-state index in [9.17, 15) is 5.11 Å². The van der Waals surface area contributed by atoms with Crippen LogP contribution in [0.3, 0.4) is 0 Å². The number of halogens is 1. The quantitative estimate of drug-likeness (QED) is 0.832. The van der Waals surface area contributed by atoms with Gasteiger partial charge in [0.15, 0.2) is 0 Å². The largest absolute Gasteiger partial charge is 0.507 e. The van der Waals surface area contributed by atoms with Crippen molar-refractivity contribution >= 4 is 26.8 Å². The summed E-state index contributed by atoms with van der Waals surface area (Å²) in [6.07, 6.45) is 0. The van der Waals surface area contributed by atoms with Crippen molar-refractivity contribution < 1.29 is 5.11 Å². The number of rotatable bonds is 1. The lowest BCUT2D eigenvalue weighted by Crippen LogP contribution is -1.94. The van der Waals surface area contributed by atoms with Crippen LogP contribution in [0, 0.1) is 0 Å². The number of hydrogen-bond donors (Lipinski definition) is 1. The Bertz CT molecular complexity index is 450. The van der Waals surface area contributed by atoms with E-state index in [1.165, 1.54) is 0 Å². The molecule has 0 unspecified atom stereocenters. The van der Waals surface area contributed by atoms with Crippen molar-refractivity contribution in [1.82, 2.24) is 9.78 Å². The number of nitrogens with zero attached hydrogens (tertiary/aromatic N) is 2. The van der Waals surface area contributed by atoms with E-state index >= 15 is 0 Å². The molecule has 0 saturated carbocycles. The molecule has 3 nitrogen and oxygen atoms in total. The number of aromatic nitrogens is 2. The van der Waals surface area contributed by atoms with Crippen LogP contribution in [-0.4, -0.2) is 14.9 Å². The molecule has 0 bridgehead atoms. The number of fused-ring (bicyclic) bond motifs is 1. The average molecular weight is 241 g/mol. The Labute approximate surface area is 84.1 Å². The lowest BCUT2D eigenvalue weighted by molar-refractivity contribution is 0.481. The van der Waals surface area contributed by atoms with Crippen molar-refractivity contribution in [3.05, 3.63) is 22.8 Å². The highest BCUT2D eigenvalue weighted by molar-refractivity contribution is 9.10. The third-order valence-electron chi connectivity index (χ3n) is 2.01.